The molecule has 0 bridgehead atoms. The second kappa shape index (κ2) is 5.25. The smallest absolute Gasteiger partial charge is 0.244 e. The van der Waals surface area contributed by atoms with E-state index in [-0.39, 0.29) is 11.9 Å². The minimum absolute atomic E-state index is 0.121. The van der Waals surface area contributed by atoms with Crippen molar-refractivity contribution in [2.75, 3.05) is 24.1 Å². The lowest BCUT2D eigenvalue weighted by Gasteiger charge is -2.22. The molecular weight excluding hydrogens is 228 g/mol. The minimum atomic E-state index is -0.292. The van der Waals surface area contributed by atoms with E-state index in [0.29, 0.717) is 11.5 Å². The van der Waals surface area contributed by atoms with Crippen molar-refractivity contribution in [2.45, 2.75) is 32.7 Å². The second-order valence-electron chi connectivity index (χ2n) is 4.79. The number of aromatic nitrogens is 1. The summed E-state index contributed by atoms with van der Waals surface area (Å²) in [5.41, 5.74) is 7.29. The highest BCUT2D eigenvalue weighted by Crippen LogP contribution is 2.17. The van der Waals surface area contributed by atoms with E-state index < -0.39 is 0 Å². The van der Waals surface area contributed by atoms with E-state index >= 15 is 0 Å². The number of carbonyl (C=O) groups excluding carboxylic acids is 1. The van der Waals surface area contributed by atoms with Gasteiger partial charge in [0, 0.05) is 18.8 Å². The molecule has 1 fully saturated rings. The molecule has 1 aliphatic rings. The van der Waals surface area contributed by atoms with Gasteiger partial charge < -0.3 is 16.0 Å². The van der Waals surface area contributed by atoms with Gasteiger partial charge in [-0.1, -0.05) is 0 Å². The molecule has 1 aromatic rings. The van der Waals surface area contributed by atoms with E-state index in [9.17, 15) is 4.79 Å². The highest BCUT2D eigenvalue weighted by atomic mass is 16.2. The first-order valence-corrected chi connectivity index (χ1v) is 6.36. The largest absolute Gasteiger partial charge is 0.396 e. The fraction of sp³-hybridized carbons (Fsp3) is 0.538. The van der Waals surface area contributed by atoms with E-state index in [1.807, 2.05) is 24.8 Å². The van der Waals surface area contributed by atoms with Gasteiger partial charge in [-0.05, 0) is 38.8 Å². The maximum atomic E-state index is 12.1. The average Bonchev–Trinajstić information content (AvgIpc) is 2.86. The van der Waals surface area contributed by atoms with Crippen LogP contribution in [0, 0.1) is 6.92 Å². The van der Waals surface area contributed by atoms with Gasteiger partial charge in [-0.2, -0.15) is 0 Å². The molecule has 1 saturated heterocycles. The zero-order valence-electron chi connectivity index (χ0n) is 10.9. The van der Waals surface area contributed by atoms with Crippen molar-refractivity contribution in [1.29, 1.82) is 0 Å². The predicted molar refractivity (Wildman–Crippen MR) is 72.3 cm³/mol. The lowest BCUT2D eigenvalue weighted by Crippen LogP contribution is -2.39. The van der Waals surface area contributed by atoms with Gasteiger partial charge in [0.1, 0.15) is 11.9 Å². The number of rotatable bonds is 3. The first-order valence-electron chi connectivity index (χ1n) is 6.36. The summed E-state index contributed by atoms with van der Waals surface area (Å²) in [7, 11) is 0. The van der Waals surface area contributed by atoms with Crippen LogP contribution in [0.3, 0.4) is 0 Å². The van der Waals surface area contributed by atoms with Crippen LogP contribution >= 0.6 is 0 Å². The van der Waals surface area contributed by atoms with Crippen LogP contribution in [0.15, 0.2) is 12.1 Å². The molecule has 1 atom stereocenters. The zero-order valence-corrected chi connectivity index (χ0v) is 10.9. The number of aryl methyl sites for hydroxylation is 1. The molecule has 1 unspecified atom stereocenters. The van der Waals surface area contributed by atoms with E-state index in [1.54, 1.807) is 6.07 Å². The number of anilines is 2. The fourth-order valence-corrected chi connectivity index (χ4v) is 2.16. The van der Waals surface area contributed by atoms with Gasteiger partial charge in [-0.25, -0.2) is 4.98 Å². The zero-order chi connectivity index (χ0) is 13.1. The molecule has 18 heavy (non-hydrogen) atoms. The predicted octanol–water partition coefficient (Wildman–Crippen LogP) is 1.40. The molecule has 5 heteroatoms. The Morgan fingerprint density at radius 1 is 1.44 bits per heavy atom. The standard InChI is InChI=1S/C13H20N4O/c1-9-5-6-11(14)12(15-9)16-10(2)13(18)17-7-3-4-8-17/h5-6,10H,3-4,7-8,14H2,1-2H3,(H,15,16). The van der Waals surface area contributed by atoms with E-state index in [2.05, 4.69) is 10.3 Å². The van der Waals surface area contributed by atoms with Crippen molar-refractivity contribution in [2.24, 2.45) is 0 Å². The van der Waals surface area contributed by atoms with Crippen LogP contribution in [0.25, 0.3) is 0 Å². The van der Waals surface area contributed by atoms with Crippen molar-refractivity contribution >= 4 is 17.4 Å². The molecule has 0 aromatic carbocycles. The third-order valence-corrected chi connectivity index (χ3v) is 3.21. The molecule has 2 rings (SSSR count). The Balaban J connectivity index is 2.03. The van der Waals surface area contributed by atoms with Gasteiger partial charge in [-0.3, -0.25) is 4.79 Å². The molecule has 0 aliphatic carbocycles. The van der Waals surface area contributed by atoms with E-state index in [0.717, 1.165) is 31.6 Å². The first kappa shape index (κ1) is 12.7. The van der Waals surface area contributed by atoms with Crippen LogP contribution < -0.4 is 11.1 Å². The van der Waals surface area contributed by atoms with Gasteiger partial charge in [-0.15, -0.1) is 0 Å². The highest BCUT2D eigenvalue weighted by Gasteiger charge is 2.23. The van der Waals surface area contributed by atoms with Crippen LogP contribution in [0.2, 0.25) is 0 Å². The number of hydrogen-bond acceptors (Lipinski definition) is 4. The fourth-order valence-electron chi connectivity index (χ4n) is 2.16. The molecule has 3 N–H and O–H groups in total. The molecule has 98 valence electrons. The van der Waals surface area contributed by atoms with Crippen LogP contribution in [-0.4, -0.2) is 34.9 Å². The summed E-state index contributed by atoms with van der Waals surface area (Å²) in [5, 5.41) is 3.10. The van der Waals surface area contributed by atoms with Crippen molar-refractivity contribution in [3.05, 3.63) is 17.8 Å². The Bertz CT molecular complexity index is 441. The second-order valence-corrected chi connectivity index (χ2v) is 4.79. The van der Waals surface area contributed by atoms with E-state index in [1.165, 1.54) is 0 Å². The topological polar surface area (TPSA) is 71.2 Å². The first-order chi connectivity index (χ1) is 8.58. The summed E-state index contributed by atoms with van der Waals surface area (Å²) in [6.07, 6.45) is 2.20. The maximum absolute atomic E-state index is 12.1. The molecule has 0 radical (unpaired) electrons. The molecule has 0 spiro atoms. The minimum Gasteiger partial charge on any atom is -0.396 e. The molecule has 1 amide bonds. The van der Waals surface area contributed by atoms with Crippen LogP contribution in [0.5, 0.6) is 0 Å². The van der Waals surface area contributed by atoms with Crippen molar-refractivity contribution in [1.82, 2.24) is 9.88 Å². The van der Waals surface area contributed by atoms with Crippen LogP contribution in [0.4, 0.5) is 11.5 Å². The third-order valence-electron chi connectivity index (χ3n) is 3.21. The SMILES string of the molecule is Cc1ccc(N)c(NC(C)C(=O)N2CCCC2)n1. The Kier molecular flexibility index (Phi) is 3.69. The molecule has 0 saturated carbocycles. The molecular formula is C13H20N4O. The Labute approximate surface area is 107 Å². The molecule has 1 aliphatic heterocycles. The quantitative estimate of drug-likeness (QED) is 0.848. The van der Waals surface area contributed by atoms with Crippen molar-refractivity contribution in [3.8, 4) is 0 Å². The number of carbonyl (C=O) groups is 1. The summed E-state index contributed by atoms with van der Waals surface area (Å²) >= 11 is 0. The third kappa shape index (κ3) is 2.72. The normalized spacial score (nSPS) is 16.7. The average molecular weight is 248 g/mol. The number of amides is 1. The number of hydrogen-bond donors (Lipinski definition) is 2. The number of likely N-dealkylation sites (tertiary alicyclic amines) is 1. The van der Waals surface area contributed by atoms with Gasteiger partial charge >= 0.3 is 0 Å². The van der Waals surface area contributed by atoms with Crippen molar-refractivity contribution in [3.63, 3.8) is 0 Å². The lowest BCUT2D eigenvalue weighted by atomic mass is 10.2. The summed E-state index contributed by atoms with van der Waals surface area (Å²) in [6.45, 7) is 5.48. The Morgan fingerprint density at radius 2 is 2.11 bits per heavy atom. The summed E-state index contributed by atoms with van der Waals surface area (Å²) in [4.78, 5) is 18.3. The van der Waals surface area contributed by atoms with Gasteiger partial charge in [0.05, 0.1) is 5.69 Å². The number of nitrogens with two attached hydrogens (primary N) is 1. The Morgan fingerprint density at radius 3 is 2.78 bits per heavy atom. The molecule has 2 heterocycles. The highest BCUT2D eigenvalue weighted by molar-refractivity contribution is 5.85. The number of pyridine rings is 1. The van der Waals surface area contributed by atoms with Gasteiger partial charge in [0.25, 0.3) is 0 Å². The summed E-state index contributed by atoms with van der Waals surface area (Å²) in [5.74, 6) is 0.713. The number of nitrogens with one attached hydrogen (secondary N) is 1. The van der Waals surface area contributed by atoms with Crippen LogP contribution in [0.1, 0.15) is 25.5 Å². The van der Waals surface area contributed by atoms with Crippen LogP contribution in [-0.2, 0) is 4.79 Å². The summed E-state index contributed by atoms with van der Waals surface area (Å²) < 4.78 is 0. The molecule has 5 nitrogen and oxygen atoms in total. The monoisotopic (exact) mass is 248 g/mol. The Hall–Kier alpha value is -1.78. The lowest BCUT2D eigenvalue weighted by molar-refractivity contribution is -0.130. The van der Waals surface area contributed by atoms with Gasteiger partial charge in [0.15, 0.2) is 0 Å². The maximum Gasteiger partial charge on any atom is 0.244 e. The van der Waals surface area contributed by atoms with Crippen molar-refractivity contribution < 1.29 is 4.79 Å². The van der Waals surface area contributed by atoms with Gasteiger partial charge in [0.2, 0.25) is 5.91 Å². The van der Waals surface area contributed by atoms with E-state index in [4.69, 9.17) is 5.73 Å². The number of nitrogens with zero attached hydrogens (tertiary/aromatic N) is 2. The summed E-state index contributed by atoms with van der Waals surface area (Å²) in [6, 6.07) is 3.37. The molecule has 1 aromatic heterocycles. The number of nitrogen functional groups attached to an aromatic ring is 1.